The molecule has 2 heterocycles. The fourth-order valence-corrected chi connectivity index (χ4v) is 3.95. The van der Waals surface area contributed by atoms with Crippen molar-refractivity contribution in [1.82, 2.24) is 19.5 Å². The standard InChI is InChI=1S/C22H21N5O2S/c1-3-27-19-8-5-4-7-18(19)26-22(27)30-14-20(28)25-17-10-9-16(13-15(17)2)29-21-23-11-6-12-24-21/h4-13H,3,14H2,1-2H3,(H,25,28). The predicted octanol–water partition coefficient (Wildman–Crippen LogP) is 4.68. The van der Waals surface area contributed by atoms with Crippen molar-refractivity contribution in [3.63, 3.8) is 0 Å². The van der Waals surface area contributed by atoms with Gasteiger partial charge < -0.3 is 14.6 Å². The highest BCUT2D eigenvalue weighted by atomic mass is 32.2. The second-order valence-electron chi connectivity index (χ2n) is 6.57. The van der Waals surface area contributed by atoms with Crippen LogP contribution in [0, 0.1) is 6.92 Å². The summed E-state index contributed by atoms with van der Waals surface area (Å²) in [5, 5.41) is 3.80. The second kappa shape index (κ2) is 8.96. The lowest BCUT2D eigenvalue weighted by atomic mass is 10.2. The van der Waals surface area contributed by atoms with E-state index in [1.807, 2.05) is 43.3 Å². The smallest absolute Gasteiger partial charge is 0.321 e. The van der Waals surface area contributed by atoms with E-state index >= 15 is 0 Å². The molecule has 0 atom stereocenters. The summed E-state index contributed by atoms with van der Waals surface area (Å²) in [6.45, 7) is 4.79. The summed E-state index contributed by atoms with van der Waals surface area (Å²) < 4.78 is 7.75. The van der Waals surface area contributed by atoms with E-state index in [1.165, 1.54) is 11.8 Å². The lowest BCUT2D eigenvalue weighted by Gasteiger charge is -2.11. The van der Waals surface area contributed by atoms with Crippen molar-refractivity contribution >= 4 is 34.4 Å². The molecule has 0 aliphatic rings. The Balaban J connectivity index is 1.39. The summed E-state index contributed by atoms with van der Waals surface area (Å²) in [5.41, 5.74) is 3.65. The van der Waals surface area contributed by atoms with Gasteiger partial charge in [-0.25, -0.2) is 15.0 Å². The molecule has 0 aliphatic carbocycles. The van der Waals surface area contributed by atoms with Crippen LogP contribution in [-0.4, -0.2) is 31.2 Å². The first-order valence-corrected chi connectivity index (χ1v) is 10.6. The van der Waals surface area contributed by atoms with E-state index in [1.54, 1.807) is 24.5 Å². The molecule has 0 radical (unpaired) electrons. The molecule has 2 aromatic heterocycles. The van der Waals surface area contributed by atoms with Gasteiger partial charge in [-0.2, -0.15) is 0 Å². The number of carbonyl (C=O) groups excluding carboxylic acids is 1. The molecule has 1 amide bonds. The van der Waals surface area contributed by atoms with Gasteiger partial charge >= 0.3 is 6.01 Å². The number of para-hydroxylation sites is 2. The van der Waals surface area contributed by atoms with Gasteiger partial charge in [-0.05, 0) is 55.8 Å². The highest BCUT2D eigenvalue weighted by Gasteiger charge is 2.13. The zero-order valence-corrected chi connectivity index (χ0v) is 17.5. The van der Waals surface area contributed by atoms with E-state index in [9.17, 15) is 4.79 Å². The number of aromatic nitrogens is 4. The number of nitrogens with zero attached hydrogens (tertiary/aromatic N) is 4. The molecule has 0 aliphatic heterocycles. The molecule has 7 nitrogen and oxygen atoms in total. The maximum Gasteiger partial charge on any atom is 0.321 e. The zero-order valence-electron chi connectivity index (χ0n) is 16.7. The fourth-order valence-electron chi connectivity index (χ4n) is 3.07. The van der Waals surface area contributed by atoms with Crippen molar-refractivity contribution in [2.45, 2.75) is 25.5 Å². The van der Waals surface area contributed by atoms with E-state index in [4.69, 9.17) is 4.74 Å². The van der Waals surface area contributed by atoms with Crippen LogP contribution < -0.4 is 10.1 Å². The molecule has 0 fully saturated rings. The molecule has 4 rings (SSSR count). The predicted molar refractivity (Wildman–Crippen MR) is 118 cm³/mol. The average Bonchev–Trinajstić information content (AvgIpc) is 3.12. The third kappa shape index (κ3) is 4.44. The van der Waals surface area contributed by atoms with Crippen molar-refractivity contribution in [3.8, 4) is 11.8 Å². The SMILES string of the molecule is CCn1c(SCC(=O)Nc2ccc(Oc3ncccn3)cc2C)nc2ccccc21. The van der Waals surface area contributed by atoms with Crippen LogP contribution >= 0.6 is 11.8 Å². The Morgan fingerprint density at radius 1 is 1.13 bits per heavy atom. The minimum atomic E-state index is -0.0853. The van der Waals surface area contributed by atoms with Gasteiger partial charge in [0.2, 0.25) is 5.91 Å². The number of amides is 1. The molecule has 152 valence electrons. The number of hydrogen-bond acceptors (Lipinski definition) is 6. The van der Waals surface area contributed by atoms with E-state index in [0.717, 1.165) is 34.0 Å². The van der Waals surface area contributed by atoms with Gasteiger partial charge in [-0.1, -0.05) is 23.9 Å². The quantitative estimate of drug-likeness (QED) is 0.438. The first kappa shape index (κ1) is 19.9. The first-order chi connectivity index (χ1) is 14.6. The molecule has 0 saturated heterocycles. The summed E-state index contributed by atoms with van der Waals surface area (Å²) in [6, 6.07) is 15.4. The number of rotatable bonds is 7. The van der Waals surface area contributed by atoms with Crippen molar-refractivity contribution < 1.29 is 9.53 Å². The lowest BCUT2D eigenvalue weighted by molar-refractivity contribution is -0.113. The number of ether oxygens (including phenoxy) is 1. The van der Waals surface area contributed by atoms with Crippen LogP contribution in [-0.2, 0) is 11.3 Å². The average molecular weight is 420 g/mol. The minimum Gasteiger partial charge on any atom is -0.424 e. The van der Waals surface area contributed by atoms with Gasteiger partial charge in [-0.15, -0.1) is 0 Å². The van der Waals surface area contributed by atoms with Crippen molar-refractivity contribution in [1.29, 1.82) is 0 Å². The molecule has 0 bridgehead atoms. The van der Waals surface area contributed by atoms with Crippen LogP contribution in [0.15, 0.2) is 66.1 Å². The van der Waals surface area contributed by atoms with Crippen LogP contribution in [0.1, 0.15) is 12.5 Å². The Morgan fingerprint density at radius 2 is 1.93 bits per heavy atom. The summed E-state index contributed by atoms with van der Waals surface area (Å²) in [4.78, 5) is 25.2. The number of benzene rings is 2. The molecule has 4 aromatic rings. The highest BCUT2D eigenvalue weighted by Crippen LogP contribution is 2.26. The monoisotopic (exact) mass is 419 g/mol. The maximum atomic E-state index is 12.5. The van der Waals surface area contributed by atoms with Gasteiger partial charge in [0.1, 0.15) is 5.75 Å². The molecule has 2 aromatic carbocycles. The number of hydrogen-bond donors (Lipinski definition) is 1. The Hall–Kier alpha value is -3.39. The molecular weight excluding hydrogens is 398 g/mol. The summed E-state index contributed by atoms with van der Waals surface area (Å²) in [7, 11) is 0. The number of carbonyl (C=O) groups is 1. The number of fused-ring (bicyclic) bond motifs is 1. The number of nitrogens with one attached hydrogen (secondary N) is 1. The van der Waals surface area contributed by atoms with Crippen LogP contribution in [0.3, 0.4) is 0 Å². The number of anilines is 1. The fraction of sp³-hybridized carbons (Fsp3) is 0.182. The van der Waals surface area contributed by atoms with Crippen molar-refractivity contribution in [3.05, 3.63) is 66.5 Å². The summed E-state index contributed by atoms with van der Waals surface area (Å²) in [6.07, 6.45) is 3.24. The Kier molecular flexibility index (Phi) is 5.94. The van der Waals surface area contributed by atoms with Gasteiger partial charge in [0, 0.05) is 24.6 Å². The first-order valence-electron chi connectivity index (χ1n) is 9.57. The maximum absolute atomic E-state index is 12.5. The molecule has 0 unspecified atom stereocenters. The van der Waals surface area contributed by atoms with Crippen LogP contribution in [0.5, 0.6) is 11.8 Å². The normalized spacial score (nSPS) is 10.9. The lowest BCUT2D eigenvalue weighted by Crippen LogP contribution is -2.15. The van der Waals surface area contributed by atoms with Crippen LogP contribution in [0.25, 0.3) is 11.0 Å². The van der Waals surface area contributed by atoms with E-state index in [2.05, 4.69) is 31.8 Å². The van der Waals surface area contributed by atoms with Gasteiger partial charge in [0.05, 0.1) is 16.8 Å². The Labute approximate surface area is 178 Å². The van der Waals surface area contributed by atoms with Crippen LogP contribution in [0.2, 0.25) is 0 Å². The third-order valence-corrected chi connectivity index (χ3v) is 5.47. The number of imidazole rings is 1. The molecule has 30 heavy (non-hydrogen) atoms. The molecular formula is C22H21N5O2S. The Bertz CT molecular complexity index is 1180. The van der Waals surface area contributed by atoms with Crippen molar-refractivity contribution in [2.75, 3.05) is 11.1 Å². The summed E-state index contributed by atoms with van der Waals surface area (Å²) >= 11 is 1.43. The van der Waals surface area contributed by atoms with Gasteiger partial charge in [0.25, 0.3) is 0 Å². The second-order valence-corrected chi connectivity index (χ2v) is 7.52. The Morgan fingerprint density at radius 3 is 2.70 bits per heavy atom. The third-order valence-electron chi connectivity index (χ3n) is 4.49. The topological polar surface area (TPSA) is 81.9 Å². The van der Waals surface area contributed by atoms with Gasteiger partial charge in [-0.3, -0.25) is 4.79 Å². The summed E-state index contributed by atoms with van der Waals surface area (Å²) in [5.74, 6) is 0.805. The van der Waals surface area contributed by atoms with E-state index in [-0.39, 0.29) is 17.7 Å². The molecule has 8 heteroatoms. The number of aryl methyl sites for hydroxylation is 2. The largest absolute Gasteiger partial charge is 0.424 e. The molecule has 1 N–H and O–H groups in total. The minimum absolute atomic E-state index is 0.0853. The van der Waals surface area contributed by atoms with Crippen molar-refractivity contribution in [2.24, 2.45) is 0 Å². The molecule has 0 saturated carbocycles. The highest BCUT2D eigenvalue weighted by molar-refractivity contribution is 7.99. The van der Waals surface area contributed by atoms with E-state index in [0.29, 0.717) is 5.75 Å². The van der Waals surface area contributed by atoms with Crippen LogP contribution in [0.4, 0.5) is 5.69 Å². The van der Waals surface area contributed by atoms with E-state index < -0.39 is 0 Å². The zero-order chi connectivity index (χ0) is 20.9. The molecule has 0 spiro atoms. The number of thioether (sulfide) groups is 1. The van der Waals surface area contributed by atoms with Gasteiger partial charge in [0.15, 0.2) is 5.16 Å².